The maximum absolute atomic E-state index is 12.0. The Balaban J connectivity index is 1.81. The Kier molecular flexibility index (Phi) is 5.44. The third-order valence-electron chi connectivity index (χ3n) is 4.55. The molecule has 0 saturated heterocycles. The molecule has 0 aliphatic carbocycles. The topological polar surface area (TPSA) is 54.9 Å². The first-order valence-electron chi connectivity index (χ1n) is 9.14. The van der Waals surface area contributed by atoms with E-state index >= 15 is 0 Å². The van der Waals surface area contributed by atoms with Crippen LogP contribution in [-0.2, 0) is 10.8 Å². The molecule has 5 heteroatoms. The lowest BCUT2D eigenvalue weighted by molar-refractivity contribution is 0.682. The first-order chi connectivity index (χ1) is 13.7. The summed E-state index contributed by atoms with van der Waals surface area (Å²) in [5.74, 6) is 1.93. The second kappa shape index (κ2) is 8.31. The molecule has 0 aliphatic heterocycles. The molecule has 0 radical (unpaired) electrons. The molecule has 2 atom stereocenters. The lowest BCUT2D eigenvalue weighted by Gasteiger charge is -2.20. The van der Waals surface area contributed by atoms with E-state index in [-0.39, 0.29) is 6.04 Å². The van der Waals surface area contributed by atoms with E-state index in [1.165, 1.54) is 0 Å². The van der Waals surface area contributed by atoms with Crippen LogP contribution < -0.4 is 5.32 Å². The van der Waals surface area contributed by atoms with Crippen molar-refractivity contribution in [2.45, 2.75) is 6.04 Å². The van der Waals surface area contributed by atoms with Crippen LogP contribution in [0, 0.1) is 0 Å². The van der Waals surface area contributed by atoms with Crippen LogP contribution in [0.15, 0.2) is 84.9 Å². The highest BCUT2D eigenvalue weighted by Crippen LogP contribution is 2.28. The van der Waals surface area contributed by atoms with Gasteiger partial charge in [-0.2, -0.15) is 0 Å². The number of anilines is 1. The molecule has 140 valence electrons. The van der Waals surface area contributed by atoms with Gasteiger partial charge in [-0.05, 0) is 17.7 Å². The van der Waals surface area contributed by atoms with Crippen LogP contribution in [0.3, 0.4) is 0 Å². The molecule has 4 nitrogen and oxygen atoms in total. The Morgan fingerprint density at radius 2 is 1.50 bits per heavy atom. The number of fused-ring (bicyclic) bond motifs is 1. The SMILES string of the molecule is CS(=O)CC(Nc1nc(-c2ccccc2)nc2ccccc12)c1ccccc1. The van der Waals surface area contributed by atoms with Crippen molar-refractivity contribution in [1.82, 2.24) is 9.97 Å². The van der Waals surface area contributed by atoms with Crippen molar-refractivity contribution < 1.29 is 4.21 Å². The van der Waals surface area contributed by atoms with E-state index in [9.17, 15) is 4.21 Å². The first-order valence-corrected chi connectivity index (χ1v) is 10.9. The summed E-state index contributed by atoms with van der Waals surface area (Å²) in [5, 5.41) is 4.48. The molecule has 2 unspecified atom stereocenters. The standard InChI is InChI=1S/C23H21N3OS/c1-28(27)16-21(17-10-4-2-5-11-17)25-23-19-14-8-9-15-20(19)24-22(26-23)18-12-6-3-7-13-18/h2-15,21H,16H2,1H3,(H,24,25,26). The number of nitrogens with one attached hydrogen (secondary N) is 1. The van der Waals surface area contributed by atoms with Crippen LogP contribution in [0.5, 0.6) is 0 Å². The van der Waals surface area contributed by atoms with Crippen molar-refractivity contribution in [3.05, 3.63) is 90.5 Å². The second-order valence-electron chi connectivity index (χ2n) is 6.63. The van der Waals surface area contributed by atoms with Gasteiger partial charge in [-0.1, -0.05) is 72.8 Å². The number of hydrogen-bond acceptors (Lipinski definition) is 4. The summed E-state index contributed by atoms with van der Waals surface area (Å²) < 4.78 is 12.0. The number of nitrogens with zero attached hydrogens (tertiary/aromatic N) is 2. The lowest BCUT2D eigenvalue weighted by atomic mass is 10.1. The van der Waals surface area contributed by atoms with Gasteiger partial charge in [0, 0.05) is 33.8 Å². The number of hydrogen-bond donors (Lipinski definition) is 1. The number of aromatic nitrogens is 2. The summed E-state index contributed by atoms with van der Waals surface area (Å²) in [6.45, 7) is 0. The van der Waals surface area contributed by atoms with Crippen molar-refractivity contribution in [3.63, 3.8) is 0 Å². The van der Waals surface area contributed by atoms with Crippen LogP contribution in [0.2, 0.25) is 0 Å². The summed E-state index contributed by atoms with van der Waals surface area (Å²) in [4.78, 5) is 9.56. The fourth-order valence-corrected chi connectivity index (χ4v) is 3.95. The molecule has 0 spiro atoms. The van der Waals surface area contributed by atoms with Gasteiger partial charge < -0.3 is 5.32 Å². The highest BCUT2D eigenvalue weighted by molar-refractivity contribution is 7.84. The van der Waals surface area contributed by atoms with Crippen molar-refractivity contribution in [2.24, 2.45) is 0 Å². The molecule has 1 heterocycles. The molecule has 3 aromatic carbocycles. The second-order valence-corrected chi connectivity index (χ2v) is 8.11. The van der Waals surface area contributed by atoms with Gasteiger partial charge >= 0.3 is 0 Å². The van der Waals surface area contributed by atoms with Gasteiger partial charge in [-0.25, -0.2) is 9.97 Å². The van der Waals surface area contributed by atoms with Crippen molar-refractivity contribution >= 4 is 27.5 Å². The fraction of sp³-hybridized carbons (Fsp3) is 0.130. The van der Waals surface area contributed by atoms with E-state index in [2.05, 4.69) is 5.32 Å². The van der Waals surface area contributed by atoms with Gasteiger partial charge in [0.1, 0.15) is 5.82 Å². The van der Waals surface area contributed by atoms with Crippen LogP contribution in [0.4, 0.5) is 5.82 Å². The average molecular weight is 388 g/mol. The van der Waals surface area contributed by atoms with Gasteiger partial charge in [0.15, 0.2) is 5.82 Å². The smallest absolute Gasteiger partial charge is 0.162 e. The molecule has 4 rings (SSSR count). The molecular weight excluding hydrogens is 366 g/mol. The number of benzene rings is 3. The highest BCUT2D eigenvalue weighted by atomic mass is 32.2. The van der Waals surface area contributed by atoms with Gasteiger partial charge in [-0.3, -0.25) is 4.21 Å². The predicted octanol–water partition coefficient (Wildman–Crippen LogP) is 4.83. The third kappa shape index (κ3) is 4.10. The normalized spacial score (nSPS) is 13.2. The number of para-hydroxylation sites is 1. The maximum atomic E-state index is 12.0. The molecule has 0 fully saturated rings. The zero-order valence-corrected chi connectivity index (χ0v) is 16.4. The zero-order valence-electron chi connectivity index (χ0n) is 15.6. The lowest BCUT2D eigenvalue weighted by Crippen LogP contribution is -2.19. The Labute approximate surface area is 167 Å². The van der Waals surface area contributed by atoms with Crippen molar-refractivity contribution in [1.29, 1.82) is 0 Å². The van der Waals surface area contributed by atoms with Gasteiger partial charge in [0.2, 0.25) is 0 Å². The molecule has 0 bridgehead atoms. The maximum Gasteiger partial charge on any atom is 0.162 e. The van der Waals surface area contributed by atoms with Crippen LogP contribution in [0.25, 0.3) is 22.3 Å². The minimum Gasteiger partial charge on any atom is -0.362 e. The molecule has 0 saturated carbocycles. The van der Waals surface area contributed by atoms with Gasteiger partial charge in [0.05, 0.1) is 11.6 Å². The van der Waals surface area contributed by atoms with E-state index < -0.39 is 10.8 Å². The fourth-order valence-electron chi connectivity index (χ4n) is 3.21. The molecule has 28 heavy (non-hydrogen) atoms. The van der Waals surface area contributed by atoms with Crippen molar-refractivity contribution in [2.75, 3.05) is 17.3 Å². The molecular formula is C23H21N3OS. The summed E-state index contributed by atoms with van der Waals surface area (Å²) in [5.41, 5.74) is 2.93. The number of rotatable bonds is 6. The molecule has 4 aromatic rings. The highest BCUT2D eigenvalue weighted by Gasteiger charge is 2.17. The molecule has 1 aromatic heterocycles. The Hall–Kier alpha value is -3.05. The first kappa shape index (κ1) is 18.3. The zero-order chi connectivity index (χ0) is 19.3. The van der Waals surface area contributed by atoms with E-state index in [1.807, 2.05) is 84.9 Å². The monoisotopic (exact) mass is 387 g/mol. The summed E-state index contributed by atoms with van der Waals surface area (Å²) in [6, 6.07) is 27.9. The van der Waals surface area contributed by atoms with Gasteiger partial charge in [0.25, 0.3) is 0 Å². The van der Waals surface area contributed by atoms with Crippen molar-refractivity contribution in [3.8, 4) is 11.4 Å². The summed E-state index contributed by atoms with van der Waals surface area (Å²) >= 11 is 0. The quantitative estimate of drug-likeness (QED) is 0.515. The van der Waals surface area contributed by atoms with Gasteiger partial charge in [-0.15, -0.1) is 0 Å². The Bertz CT molecular complexity index is 1100. The van der Waals surface area contributed by atoms with Crippen LogP contribution in [0.1, 0.15) is 11.6 Å². The minimum absolute atomic E-state index is 0.103. The average Bonchev–Trinajstić information content (AvgIpc) is 2.74. The largest absolute Gasteiger partial charge is 0.362 e. The van der Waals surface area contributed by atoms with Crippen LogP contribution >= 0.6 is 0 Å². The van der Waals surface area contributed by atoms with E-state index in [0.717, 1.165) is 27.8 Å². The molecule has 1 N–H and O–H groups in total. The Morgan fingerprint density at radius 1 is 0.857 bits per heavy atom. The molecule has 0 amide bonds. The van der Waals surface area contributed by atoms with E-state index in [4.69, 9.17) is 9.97 Å². The van der Waals surface area contributed by atoms with E-state index in [1.54, 1.807) is 6.26 Å². The minimum atomic E-state index is -0.951. The predicted molar refractivity (Wildman–Crippen MR) is 117 cm³/mol. The third-order valence-corrected chi connectivity index (χ3v) is 5.35. The summed E-state index contributed by atoms with van der Waals surface area (Å²) in [7, 11) is -0.951. The Morgan fingerprint density at radius 3 is 2.21 bits per heavy atom. The van der Waals surface area contributed by atoms with E-state index in [0.29, 0.717) is 11.6 Å². The molecule has 0 aliphatic rings. The summed E-state index contributed by atoms with van der Waals surface area (Å²) in [6.07, 6.45) is 1.73. The van der Waals surface area contributed by atoms with Crippen LogP contribution in [-0.4, -0.2) is 26.2 Å².